The van der Waals surface area contributed by atoms with Crippen LogP contribution in [0.2, 0.25) is 0 Å². The molecule has 0 radical (unpaired) electrons. The Morgan fingerprint density at radius 2 is 0.845 bits per heavy atom. The summed E-state index contributed by atoms with van der Waals surface area (Å²) in [5.41, 5.74) is 7.26. The lowest BCUT2D eigenvalue weighted by atomic mass is 9.98. The molecular formula is C60H73O5PS5. The van der Waals surface area contributed by atoms with Crippen LogP contribution in [-0.4, -0.2) is 26.4 Å². The summed E-state index contributed by atoms with van der Waals surface area (Å²) in [4.78, 5) is 11.1. The van der Waals surface area contributed by atoms with Crippen LogP contribution >= 0.6 is 65.3 Å². The highest BCUT2D eigenvalue weighted by Gasteiger charge is 2.22. The average Bonchev–Trinajstić information content (AvgIpc) is 4.24. The normalized spacial score (nSPS) is 11.4. The van der Waals surface area contributed by atoms with Crippen LogP contribution in [0.15, 0.2) is 84.9 Å². The summed E-state index contributed by atoms with van der Waals surface area (Å²) in [6.07, 6.45) is 17.9. The first-order valence-electron chi connectivity index (χ1n) is 26.1. The lowest BCUT2D eigenvalue weighted by Gasteiger charge is -2.17. The van der Waals surface area contributed by atoms with Gasteiger partial charge in [-0.05, 0) is 154 Å². The molecule has 2 aromatic carbocycles. The Morgan fingerprint density at radius 1 is 0.423 bits per heavy atom. The number of unbranched alkanes of at least 4 members (excludes halogenated alkanes) is 12. The highest BCUT2D eigenvalue weighted by Crippen LogP contribution is 2.50. The molecule has 0 aliphatic rings. The summed E-state index contributed by atoms with van der Waals surface area (Å²) in [6, 6.07) is 31.4. The molecule has 5 aromatic heterocycles. The van der Waals surface area contributed by atoms with E-state index in [0.717, 1.165) is 74.4 Å². The molecule has 0 aliphatic carbocycles. The lowest BCUT2D eigenvalue weighted by Crippen LogP contribution is -2.02. The van der Waals surface area contributed by atoms with Gasteiger partial charge in [0.25, 0.3) is 0 Å². The number of thiophene rings is 5. The van der Waals surface area contributed by atoms with Crippen molar-refractivity contribution in [2.45, 2.75) is 145 Å². The first kappa shape index (κ1) is 55.0. The van der Waals surface area contributed by atoms with Crippen LogP contribution in [0.5, 0.6) is 16.6 Å². The highest BCUT2D eigenvalue weighted by molar-refractivity contribution is 7.42. The monoisotopic (exact) mass is 1060 g/mol. The van der Waals surface area contributed by atoms with Gasteiger partial charge in [0.2, 0.25) is 0 Å². The van der Waals surface area contributed by atoms with Crippen LogP contribution in [0.3, 0.4) is 0 Å². The second kappa shape index (κ2) is 29.2. The minimum atomic E-state index is -1.47. The van der Waals surface area contributed by atoms with Gasteiger partial charge in [0.1, 0.15) is 11.5 Å². The van der Waals surface area contributed by atoms with Gasteiger partial charge in [-0.25, -0.2) is 0 Å². The van der Waals surface area contributed by atoms with Gasteiger partial charge in [-0.2, -0.15) is 0 Å². The van der Waals surface area contributed by atoms with Crippen molar-refractivity contribution in [3.8, 4) is 89.7 Å². The molecule has 5 nitrogen and oxygen atoms in total. The second-order valence-electron chi connectivity index (χ2n) is 17.9. The van der Waals surface area contributed by atoms with E-state index in [1.54, 1.807) is 11.3 Å². The Balaban J connectivity index is 1.10. The van der Waals surface area contributed by atoms with Gasteiger partial charge in [-0.3, -0.25) is 0 Å². The van der Waals surface area contributed by atoms with Crippen molar-refractivity contribution in [3.05, 3.63) is 101 Å². The summed E-state index contributed by atoms with van der Waals surface area (Å²) in [6.45, 7) is 17.6. The van der Waals surface area contributed by atoms with Crippen molar-refractivity contribution in [3.63, 3.8) is 0 Å². The number of hydrogen-bond donors (Lipinski definition) is 0. The molecule has 0 unspecified atom stereocenters. The molecule has 0 spiro atoms. The molecule has 7 aromatic rings. The SMILES string of the molecule is CCCCCCCCC#Cc1ccc(-c2ccc(-c3cc(C)c(-c4ccc(-c5ccc(-c6cc(OCCCCCC)c(-c7ccc(OP(OCC)OCC)s7)cc6OCCCCCC)s5)s4)cc3C)s2)s1. The summed E-state index contributed by atoms with van der Waals surface area (Å²) in [7, 11) is -1.47. The number of ether oxygens (including phenoxy) is 2. The third-order valence-electron chi connectivity index (χ3n) is 12.2. The third kappa shape index (κ3) is 15.9. The van der Waals surface area contributed by atoms with Crippen LogP contribution in [0.25, 0.3) is 61.3 Å². The molecule has 7 rings (SSSR count). The van der Waals surface area contributed by atoms with E-state index in [9.17, 15) is 0 Å². The van der Waals surface area contributed by atoms with Crippen molar-refractivity contribution >= 4 is 65.3 Å². The van der Waals surface area contributed by atoms with Crippen molar-refractivity contribution in [2.24, 2.45) is 0 Å². The quantitative estimate of drug-likeness (QED) is 0.0255. The maximum absolute atomic E-state index is 6.73. The maximum Gasteiger partial charge on any atom is 0.397 e. The molecule has 0 saturated heterocycles. The van der Waals surface area contributed by atoms with E-state index in [1.807, 2.05) is 65.3 Å². The van der Waals surface area contributed by atoms with E-state index in [0.29, 0.717) is 26.4 Å². The van der Waals surface area contributed by atoms with Crippen LogP contribution in [0.1, 0.15) is 147 Å². The first-order valence-corrected chi connectivity index (χ1v) is 31.3. The second-order valence-corrected chi connectivity index (χ2v) is 24.4. The summed E-state index contributed by atoms with van der Waals surface area (Å²) in [5.74, 6) is 8.60. The molecule has 71 heavy (non-hydrogen) atoms. The molecule has 0 N–H and O–H groups in total. The van der Waals surface area contributed by atoms with E-state index >= 15 is 0 Å². The first-order chi connectivity index (χ1) is 34.8. The average molecular weight is 1070 g/mol. The smallest absolute Gasteiger partial charge is 0.397 e. The fraction of sp³-hybridized carbons (Fsp3) is 0.433. The van der Waals surface area contributed by atoms with Gasteiger partial charge in [0.05, 0.1) is 31.3 Å². The van der Waals surface area contributed by atoms with Crippen molar-refractivity contribution in [1.82, 2.24) is 0 Å². The Kier molecular flexibility index (Phi) is 22.6. The van der Waals surface area contributed by atoms with Gasteiger partial charge in [0.15, 0.2) is 5.06 Å². The van der Waals surface area contributed by atoms with Gasteiger partial charge < -0.3 is 23.0 Å². The van der Waals surface area contributed by atoms with E-state index in [1.165, 1.54) is 116 Å². The third-order valence-corrected chi connectivity index (χ3v) is 19.4. The van der Waals surface area contributed by atoms with Crippen molar-refractivity contribution in [1.29, 1.82) is 0 Å². The number of hydrogen-bond acceptors (Lipinski definition) is 10. The molecule has 0 amide bonds. The van der Waals surface area contributed by atoms with E-state index in [4.69, 9.17) is 23.0 Å². The van der Waals surface area contributed by atoms with Crippen LogP contribution < -0.4 is 14.0 Å². The molecule has 0 fully saturated rings. The van der Waals surface area contributed by atoms with E-state index < -0.39 is 8.60 Å². The van der Waals surface area contributed by atoms with Crippen molar-refractivity contribution in [2.75, 3.05) is 26.4 Å². The predicted octanol–water partition coefficient (Wildman–Crippen LogP) is 21.3. The zero-order valence-corrected chi connectivity index (χ0v) is 48.0. The molecule has 11 heteroatoms. The fourth-order valence-electron chi connectivity index (χ4n) is 8.37. The summed E-state index contributed by atoms with van der Waals surface area (Å²) >= 11 is 8.95. The predicted molar refractivity (Wildman–Crippen MR) is 313 cm³/mol. The zero-order valence-electron chi connectivity index (χ0n) is 43.0. The summed E-state index contributed by atoms with van der Waals surface area (Å²) < 4.78 is 31.2. The van der Waals surface area contributed by atoms with Gasteiger partial charge in [-0.15, -0.1) is 45.3 Å². The molecule has 378 valence electrons. The Morgan fingerprint density at radius 3 is 1.37 bits per heavy atom. The fourth-order valence-corrected chi connectivity index (χ4v) is 14.5. The number of rotatable bonds is 30. The highest BCUT2D eigenvalue weighted by atomic mass is 32.1. The lowest BCUT2D eigenvalue weighted by molar-refractivity contribution is 0.222. The number of benzene rings is 2. The van der Waals surface area contributed by atoms with Gasteiger partial charge >= 0.3 is 8.60 Å². The molecule has 0 saturated carbocycles. The zero-order chi connectivity index (χ0) is 49.8. The molecule has 0 bridgehead atoms. The Hall–Kier alpha value is -3.75. The standard InChI is InChI=1S/C60H73O5PS5/c1-8-13-16-19-20-21-22-23-26-45-27-28-56(67-45)57-32-29-52(68-57)46-39-44(7)47(40-43(46)6)53-30-33-58(69-53)59-34-31-54(70-59)48-41-51(62-38-25-18-15-10-3)49(42-50(48)61-37-24-17-14-9-2)55-35-36-60(71-55)65-66(63-11-4)64-12-5/h27-36,39-42H,8-22,24-25,37-38H2,1-7H3. The van der Waals surface area contributed by atoms with E-state index in [2.05, 4.69) is 125 Å². The van der Waals surface area contributed by atoms with Crippen molar-refractivity contribution < 1.29 is 23.0 Å². The van der Waals surface area contributed by atoms with Crippen LogP contribution in [-0.2, 0) is 9.05 Å². The van der Waals surface area contributed by atoms with E-state index in [-0.39, 0.29) is 0 Å². The number of aryl methyl sites for hydroxylation is 2. The van der Waals surface area contributed by atoms with Gasteiger partial charge in [0, 0.05) is 56.6 Å². The maximum atomic E-state index is 6.73. The van der Waals surface area contributed by atoms with Gasteiger partial charge in [-0.1, -0.05) is 115 Å². The minimum absolute atomic E-state index is 0.525. The minimum Gasteiger partial charge on any atom is -0.493 e. The van der Waals surface area contributed by atoms with Crippen LogP contribution in [0.4, 0.5) is 0 Å². The Labute approximate surface area is 447 Å². The largest absolute Gasteiger partial charge is 0.493 e. The van der Waals surface area contributed by atoms with Crippen LogP contribution in [0, 0.1) is 25.7 Å². The molecule has 0 aliphatic heterocycles. The molecule has 5 heterocycles. The summed E-state index contributed by atoms with van der Waals surface area (Å²) in [5, 5.41) is 0.757. The topological polar surface area (TPSA) is 46.2 Å². The molecular weight excluding hydrogens is 992 g/mol. The Bertz CT molecular complexity index is 2750. The molecule has 0 atom stereocenters.